The highest BCUT2D eigenvalue weighted by Crippen LogP contribution is 2.43. The zero-order valence-electron chi connectivity index (χ0n) is 12.7. The number of hydrogen-bond acceptors (Lipinski definition) is 5. The second-order valence-electron chi connectivity index (χ2n) is 5.62. The first-order chi connectivity index (χ1) is 11.6. The van der Waals surface area contributed by atoms with Gasteiger partial charge in [0.05, 0.1) is 13.3 Å². The van der Waals surface area contributed by atoms with Crippen LogP contribution in [0.1, 0.15) is 24.3 Å². The van der Waals surface area contributed by atoms with Crippen LogP contribution in [-0.4, -0.2) is 26.5 Å². The Kier molecular flexibility index (Phi) is 3.19. The van der Waals surface area contributed by atoms with Crippen LogP contribution >= 0.6 is 0 Å². The molecule has 0 radical (unpaired) electrons. The maximum Gasteiger partial charge on any atom is 0.333 e. The molecular formula is C16H13FN4O3. The van der Waals surface area contributed by atoms with Crippen molar-refractivity contribution in [1.29, 1.82) is 0 Å². The number of rotatable bonds is 3. The lowest BCUT2D eigenvalue weighted by molar-refractivity contribution is 0.414. The molecule has 1 fully saturated rings. The molecule has 7 nitrogen and oxygen atoms in total. The van der Waals surface area contributed by atoms with Crippen molar-refractivity contribution >= 4 is 5.52 Å². The fourth-order valence-corrected chi connectivity index (χ4v) is 2.91. The molecule has 24 heavy (non-hydrogen) atoms. The first-order valence-electron chi connectivity index (χ1n) is 7.44. The molecule has 122 valence electrons. The van der Waals surface area contributed by atoms with Gasteiger partial charge in [0.2, 0.25) is 0 Å². The summed E-state index contributed by atoms with van der Waals surface area (Å²) in [5, 5.41) is 0. The summed E-state index contributed by atoms with van der Waals surface area (Å²) in [6.45, 7) is 0. The quantitative estimate of drug-likeness (QED) is 0.786. The van der Waals surface area contributed by atoms with Crippen LogP contribution in [0.3, 0.4) is 0 Å². The molecule has 3 heterocycles. The van der Waals surface area contributed by atoms with E-state index in [1.165, 1.54) is 19.5 Å². The molecule has 0 aliphatic heterocycles. The molecule has 0 unspecified atom stereocenters. The van der Waals surface area contributed by atoms with Crippen LogP contribution in [0.2, 0.25) is 0 Å². The normalized spacial score (nSPS) is 14.1. The van der Waals surface area contributed by atoms with E-state index in [2.05, 4.69) is 15.0 Å². The highest BCUT2D eigenvalue weighted by Gasteiger charge is 2.32. The summed E-state index contributed by atoms with van der Waals surface area (Å²) < 4.78 is 21.1. The van der Waals surface area contributed by atoms with Gasteiger partial charge in [-0.25, -0.2) is 19.2 Å². The Morgan fingerprint density at radius 2 is 2.00 bits per heavy atom. The summed E-state index contributed by atoms with van der Waals surface area (Å²) in [4.78, 5) is 34.8. The molecule has 1 aliphatic rings. The minimum atomic E-state index is -0.711. The van der Waals surface area contributed by atoms with Gasteiger partial charge in [0, 0.05) is 18.0 Å². The molecule has 0 saturated heterocycles. The third-order valence-electron chi connectivity index (χ3n) is 4.08. The van der Waals surface area contributed by atoms with Crippen molar-refractivity contribution in [2.45, 2.75) is 18.8 Å². The zero-order chi connectivity index (χ0) is 16.8. The number of nitrogens with one attached hydrogen (secondary N) is 1. The Balaban J connectivity index is 2.20. The first-order valence-corrected chi connectivity index (χ1v) is 7.44. The topological polar surface area (TPSA) is 89.3 Å². The van der Waals surface area contributed by atoms with Crippen LogP contribution < -0.4 is 16.0 Å². The first kappa shape index (κ1) is 14.6. The second-order valence-corrected chi connectivity index (χ2v) is 5.62. The third-order valence-corrected chi connectivity index (χ3v) is 4.08. The van der Waals surface area contributed by atoms with Gasteiger partial charge in [0.15, 0.2) is 17.4 Å². The Hall–Kier alpha value is -3.03. The van der Waals surface area contributed by atoms with Crippen molar-refractivity contribution in [3.63, 3.8) is 0 Å². The summed E-state index contributed by atoms with van der Waals surface area (Å²) in [5.41, 5.74) is -0.435. The van der Waals surface area contributed by atoms with Gasteiger partial charge in [-0.05, 0) is 24.8 Å². The maximum atomic E-state index is 14.7. The molecule has 3 aromatic heterocycles. The molecule has 0 bridgehead atoms. The average Bonchev–Trinajstić information content (AvgIpc) is 3.40. The Bertz CT molecular complexity index is 1050. The van der Waals surface area contributed by atoms with Crippen molar-refractivity contribution < 1.29 is 9.13 Å². The van der Waals surface area contributed by atoms with Gasteiger partial charge in [0.1, 0.15) is 11.1 Å². The fourth-order valence-electron chi connectivity index (χ4n) is 2.91. The van der Waals surface area contributed by atoms with Crippen LogP contribution in [0.4, 0.5) is 4.39 Å². The number of pyridine rings is 1. The summed E-state index contributed by atoms with van der Waals surface area (Å²) in [5.74, 6) is -0.454. The summed E-state index contributed by atoms with van der Waals surface area (Å²) >= 11 is 0. The number of hydrogen-bond donors (Lipinski definition) is 1. The molecule has 0 spiro atoms. The van der Waals surface area contributed by atoms with Crippen molar-refractivity contribution in [3.8, 4) is 17.1 Å². The van der Waals surface area contributed by atoms with Gasteiger partial charge in [0.25, 0.3) is 5.56 Å². The van der Waals surface area contributed by atoms with Crippen molar-refractivity contribution in [3.05, 3.63) is 56.9 Å². The van der Waals surface area contributed by atoms with E-state index in [1.807, 2.05) is 0 Å². The van der Waals surface area contributed by atoms with Crippen LogP contribution in [0.5, 0.6) is 5.75 Å². The smallest absolute Gasteiger partial charge is 0.333 e. The van der Waals surface area contributed by atoms with E-state index in [1.54, 1.807) is 6.07 Å². The molecule has 1 N–H and O–H groups in total. The summed E-state index contributed by atoms with van der Waals surface area (Å²) in [6, 6.07) is 1.61. The summed E-state index contributed by atoms with van der Waals surface area (Å²) in [6.07, 6.45) is 5.69. The largest absolute Gasteiger partial charge is 0.494 e. The lowest BCUT2D eigenvalue weighted by Crippen LogP contribution is -2.29. The van der Waals surface area contributed by atoms with Crippen LogP contribution in [0.15, 0.2) is 34.2 Å². The molecule has 0 atom stereocenters. The lowest BCUT2D eigenvalue weighted by Gasteiger charge is -2.15. The lowest BCUT2D eigenvalue weighted by atomic mass is 10.1. The average molecular weight is 328 g/mol. The molecule has 0 amide bonds. The van der Waals surface area contributed by atoms with Gasteiger partial charge in [-0.2, -0.15) is 0 Å². The van der Waals surface area contributed by atoms with E-state index in [9.17, 15) is 14.0 Å². The fraction of sp³-hybridized carbons (Fsp3) is 0.250. The number of aromatic nitrogens is 4. The minimum Gasteiger partial charge on any atom is -0.494 e. The zero-order valence-corrected chi connectivity index (χ0v) is 12.7. The van der Waals surface area contributed by atoms with Crippen LogP contribution in [0, 0.1) is 5.82 Å². The van der Waals surface area contributed by atoms with E-state index in [0.29, 0.717) is 5.56 Å². The van der Waals surface area contributed by atoms with E-state index < -0.39 is 17.1 Å². The van der Waals surface area contributed by atoms with E-state index in [-0.39, 0.29) is 28.6 Å². The minimum absolute atomic E-state index is 0.0324. The number of aromatic amines is 1. The van der Waals surface area contributed by atoms with Gasteiger partial charge in [-0.3, -0.25) is 14.2 Å². The molecule has 1 aliphatic carbocycles. The van der Waals surface area contributed by atoms with Gasteiger partial charge in [-0.15, -0.1) is 0 Å². The number of H-pyrrole nitrogens is 1. The number of nitrogens with zero attached hydrogens (tertiary/aromatic N) is 3. The highest BCUT2D eigenvalue weighted by molar-refractivity contribution is 5.79. The van der Waals surface area contributed by atoms with Crippen LogP contribution in [0.25, 0.3) is 16.9 Å². The SMILES string of the molecule is COc1c(-c2ncccn2)c(F)cn2c(=O)[nH]c(=O)c(C3CC3)c12. The Labute approximate surface area is 134 Å². The Morgan fingerprint density at radius 3 is 2.62 bits per heavy atom. The van der Waals surface area contributed by atoms with Crippen molar-refractivity contribution in [2.75, 3.05) is 7.11 Å². The van der Waals surface area contributed by atoms with E-state index >= 15 is 0 Å². The maximum absolute atomic E-state index is 14.7. The second kappa shape index (κ2) is 5.26. The predicted octanol–water partition coefficient (Wildman–Crippen LogP) is 1.47. The van der Waals surface area contributed by atoms with Gasteiger partial charge < -0.3 is 4.74 Å². The van der Waals surface area contributed by atoms with Crippen LogP contribution in [-0.2, 0) is 0 Å². The van der Waals surface area contributed by atoms with Crippen molar-refractivity contribution in [2.24, 2.45) is 0 Å². The number of methoxy groups -OCH3 is 1. The van der Waals surface area contributed by atoms with E-state index in [4.69, 9.17) is 4.74 Å². The van der Waals surface area contributed by atoms with Gasteiger partial charge >= 0.3 is 5.69 Å². The predicted molar refractivity (Wildman–Crippen MR) is 83.8 cm³/mol. The number of ether oxygens (including phenoxy) is 1. The molecule has 3 aromatic rings. The summed E-state index contributed by atoms with van der Waals surface area (Å²) in [7, 11) is 1.36. The molecule has 8 heteroatoms. The van der Waals surface area contributed by atoms with Gasteiger partial charge in [-0.1, -0.05) is 0 Å². The van der Waals surface area contributed by atoms with E-state index in [0.717, 1.165) is 23.4 Å². The monoisotopic (exact) mass is 328 g/mol. The number of fused-ring (bicyclic) bond motifs is 1. The number of halogens is 1. The standard InChI is InChI=1S/C16H13FN4O3/c1-24-13-11(14-18-5-2-6-19-14)9(17)7-21-12(13)10(8-3-4-8)15(22)20-16(21)23/h2,5-8H,3-4H2,1H3,(H,20,22,23). The third kappa shape index (κ3) is 2.10. The van der Waals surface area contributed by atoms with Crippen molar-refractivity contribution in [1.82, 2.24) is 19.4 Å². The Morgan fingerprint density at radius 1 is 1.29 bits per heavy atom. The molecule has 4 rings (SSSR count). The molecule has 1 saturated carbocycles. The molecule has 0 aromatic carbocycles. The molecular weight excluding hydrogens is 315 g/mol. The highest BCUT2D eigenvalue weighted by atomic mass is 19.1.